The van der Waals surface area contributed by atoms with Gasteiger partial charge in [0.15, 0.2) is 0 Å². The highest BCUT2D eigenvalue weighted by Crippen LogP contribution is 2.22. The van der Waals surface area contributed by atoms with Crippen molar-refractivity contribution in [2.24, 2.45) is 5.92 Å². The topological polar surface area (TPSA) is 15.3 Å². The average molecular weight is 246 g/mol. The molecule has 0 saturated heterocycles. The summed E-state index contributed by atoms with van der Waals surface area (Å²) in [5.41, 5.74) is 2.80. The van der Waals surface area contributed by atoms with E-state index in [4.69, 9.17) is 0 Å². The first-order valence-corrected chi connectivity index (χ1v) is 7.19. The quantitative estimate of drug-likeness (QED) is 0.876. The monoisotopic (exact) mass is 246 g/mol. The molecule has 1 heterocycles. The minimum Gasteiger partial charge on any atom is -0.383 e. The largest absolute Gasteiger partial charge is 0.383 e. The van der Waals surface area contributed by atoms with E-state index < -0.39 is 0 Å². The molecule has 100 valence electrons. The molecule has 0 saturated carbocycles. The number of benzene rings is 1. The summed E-state index contributed by atoms with van der Waals surface area (Å²) in [7, 11) is 2.27. The third kappa shape index (κ3) is 3.49. The standard InChI is InChI=1S/C16H26N2/c1-13(2)10-11-18(3)15-9-8-14-6-4-5-7-16(14)17-12-15/h4-7,13,15,17H,8-12H2,1-3H3. The fourth-order valence-corrected chi connectivity index (χ4v) is 2.58. The fraction of sp³-hybridized carbons (Fsp3) is 0.625. The number of aryl methyl sites for hydroxylation is 1. The van der Waals surface area contributed by atoms with E-state index in [1.54, 1.807) is 0 Å². The molecule has 1 atom stereocenters. The van der Waals surface area contributed by atoms with Crippen LogP contribution in [0.2, 0.25) is 0 Å². The number of nitrogens with one attached hydrogen (secondary N) is 1. The van der Waals surface area contributed by atoms with Gasteiger partial charge in [0, 0.05) is 18.3 Å². The lowest BCUT2D eigenvalue weighted by Gasteiger charge is -2.27. The van der Waals surface area contributed by atoms with Crippen molar-refractivity contribution in [1.29, 1.82) is 0 Å². The van der Waals surface area contributed by atoms with E-state index in [0.29, 0.717) is 6.04 Å². The van der Waals surface area contributed by atoms with Crippen molar-refractivity contribution in [3.63, 3.8) is 0 Å². The first-order valence-electron chi connectivity index (χ1n) is 7.19. The van der Waals surface area contributed by atoms with Crippen LogP contribution in [0.1, 0.15) is 32.3 Å². The van der Waals surface area contributed by atoms with Crippen LogP contribution in [0.4, 0.5) is 5.69 Å². The maximum atomic E-state index is 3.60. The molecule has 0 aliphatic carbocycles. The summed E-state index contributed by atoms with van der Waals surface area (Å²) in [6.07, 6.45) is 3.75. The van der Waals surface area contributed by atoms with Gasteiger partial charge in [-0.15, -0.1) is 0 Å². The van der Waals surface area contributed by atoms with Gasteiger partial charge >= 0.3 is 0 Å². The Kier molecular flexibility index (Phi) is 4.65. The Bertz CT molecular complexity index is 346. The Morgan fingerprint density at radius 3 is 2.89 bits per heavy atom. The normalized spacial score (nSPS) is 19.5. The molecular formula is C16H26N2. The van der Waals surface area contributed by atoms with Gasteiger partial charge in [-0.1, -0.05) is 32.0 Å². The summed E-state index contributed by atoms with van der Waals surface area (Å²) in [6.45, 7) is 6.88. The van der Waals surface area contributed by atoms with Crippen molar-refractivity contribution in [2.45, 2.75) is 39.2 Å². The van der Waals surface area contributed by atoms with Gasteiger partial charge in [-0.25, -0.2) is 0 Å². The van der Waals surface area contributed by atoms with E-state index in [0.717, 1.165) is 12.5 Å². The Labute approximate surface area is 111 Å². The lowest BCUT2D eigenvalue weighted by Crippen LogP contribution is -2.37. The van der Waals surface area contributed by atoms with Crippen LogP contribution in [-0.2, 0) is 6.42 Å². The first kappa shape index (κ1) is 13.4. The molecule has 0 fully saturated rings. The number of hydrogen-bond donors (Lipinski definition) is 1. The zero-order chi connectivity index (χ0) is 13.0. The van der Waals surface area contributed by atoms with Crippen molar-refractivity contribution in [2.75, 3.05) is 25.5 Å². The van der Waals surface area contributed by atoms with Crippen LogP contribution >= 0.6 is 0 Å². The molecule has 0 amide bonds. The van der Waals surface area contributed by atoms with E-state index in [2.05, 4.69) is 55.4 Å². The van der Waals surface area contributed by atoms with Crippen LogP contribution in [0.5, 0.6) is 0 Å². The molecule has 1 N–H and O–H groups in total. The predicted molar refractivity (Wildman–Crippen MR) is 79.1 cm³/mol. The summed E-state index contributed by atoms with van der Waals surface area (Å²) < 4.78 is 0. The lowest BCUT2D eigenvalue weighted by molar-refractivity contribution is 0.229. The van der Waals surface area contributed by atoms with Gasteiger partial charge in [-0.2, -0.15) is 0 Å². The molecule has 2 rings (SSSR count). The maximum absolute atomic E-state index is 3.60. The van der Waals surface area contributed by atoms with E-state index in [-0.39, 0.29) is 0 Å². The molecule has 2 nitrogen and oxygen atoms in total. The van der Waals surface area contributed by atoms with Gasteiger partial charge in [-0.05, 0) is 50.4 Å². The maximum Gasteiger partial charge on any atom is 0.0373 e. The highest BCUT2D eigenvalue weighted by Gasteiger charge is 2.18. The molecule has 18 heavy (non-hydrogen) atoms. The molecule has 0 aromatic heterocycles. The second-order valence-corrected chi connectivity index (χ2v) is 5.89. The van der Waals surface area contributed by atoms with E-state index in [1.807, 2.05) is 0 Å². The number of para-hydroxylation sites is 1. The Hall–Kier alpha value is -1.02. The van der Waals surface area contributed by atoms with Gasteiger partial charge in [0.1, 0.15) is 0 Å². The second-order valence-electron chi connectivity index (χ2n) is 5.89. The van der Waals surface area contributed by atoms with Crippen molar-refractivity contribution in [1.82, 2.24) is 4.90 Å². The Morgan fingerprint density at radius 2 is 2.11 bits per heavy atom. The van der Waals surface area contributed by atoms with Crippen molar-refractivity contribution in [3.05, 3.63) is 29.8 Å². The van der Waals surface area contributed by atoms with Gasteiger partial charge < -0.3 is 10.2 Å². The number of rotatable bonds is 4. The van der Waals surface area contributed by atoms with E-state index in [1.165, 1.54) is 37.1 Å². The average Bonchev–Trinajstić information content (AvgIpc) is 2.58. The van der Waals surface area contributed by atoms with Gasteiger partial charge in [0.25, 0.3) is 0 Å². The van der Waals surface area contributed by atoms with Crippen LogP contribution in [0.25, 0.3) is 0 Å². The minimum absolute atomic E-state index is 0.663. The highest BCUT2D eigenvalue weighted by molar-refractivity contribution is 5.52. The SMILES string of the molecule is CC(C)CCN(C)C1CCc2ccccc2NC1. The van der Waals surface area contributed by atoms with Crippen LogP contribution in [0, 0.1) is 5.92 Å². The van der Waals surface area contributed by atoms with E-state index in [9.17, 15) is 0 Å². The molecule has 0 radical (unpaired) electrons. The molecule has 1 aliphatic heterocycles. The molecule has 1 aromatic rings. The van der Waals surface area contributed by atoms with Gasteiger partial charge in [0.05, 0.1) is 0 Å². The number of likely N-dealkylation sites (N-methyl/N-ethyl adjacent to an activating group) is 1. The molecule has 1 aliphatic rings. The zero-order valence-corrected chi connectivity index (χ0v) is 11.9. The third-order valence-electron chi connectivity index (χ3n) is 3.97. The molecule has 1 unspecified atom stereocenters. The first-order chi connectivity index (χ1) is 8.66. The number of hydrogen-bond acceptors (Lipinski definition) is 2. The number of nitrogens with zero attached hydrogens (tertiary/aromatic N) is 1. The number of fused-ring (bicyclic) bond motifs is 1. The predicted octanol–water partition coefficient (Wildman–Crippen LogP) is 3.39. The smallest absolute Gasteiger partial charge is 0.0373 e. The minimum atomic E-state index is 0.663. The van der Waals surface area contributed by atoms with Gasteiger partial charge in [-0.3, -0.25) is 0 Å². The van der Waals surface area contributed by atoms with Crippen LogP contribution in [0.15, 0.2) is 24.3 Å². The second kappa shape index (κ2) is 6.24. The Balaban J connectivity index is 1.91. The summed E-state index contributed by atoms with van der Waals surface area (Å²) in [4.78, 5) is 2.53. The number of anilines is 1. The summed E-state index contributed by atoms with van der Waals surface area (Å²) in [5.74, 6) is 0.795. The lowest BCUT2D eigenvalue weighted by atomic mass is 10.0. The summed E-state index contributed by atoms with van der Waals surface area (Å²) >= 11 is 0. The van der Waals surface area contributed by atoms with Crippen LogP contribution in [-0.4, -0.2) is 31.1 Å². The third-order valence-corrected chi connectivity index (χ3v) is 3.97. The molecule has 2 heteroatoms. The van der Waals surface area contributed by atoms with Crippen LogP contribution in [0.3, 0.4) is 0 Å². The summed E-state index contributed by atoms with van der Waals surface area (Å²) in [5, 5.41) is 3.60. The van der Waals surface area contributed by atoms with Gasteiger partial charge in [0.2, 0.25) is 0 Å². The van der Waals surface area contributed by atoms with Crippen molar-refractivity contribution < 1.29 is 0 Å². The van der Waals surface area contributed by atoms with Crippen LogP contribution < -0.4 is 5.32 Å². The van der Waals surface area contributed by atoms with E-state index >= 15 is 0 Å². The molecule has 1 aromatic carbocycles. The van der Waals surface area contributed by atoms with Crippen molar-refractivity contribution >= 4 is 5.69 Å². The summed E-state index contributed by atoms with van der Waals surface area (Å²) in [6, 6.07) is 9.37. The Morgan fingerprint density at radius 1 is 1.33 bits per heavy atom. The molecule has 0 spiro atoms. The molecule has 0 bridgehead atoms. The highest BCUT2D eigenvalue weighted by atomic mass is 15.1. The van der Waals surface area contributed by atoms with Crippen molar-refractivity contribution in [3.8, 4) is 0 Å². The fourth-order valence-electron chi connectivity index (χ4n) is 2.58. The molecular weight excluding hydrogens is 220 g/mol. The zero-order valence-electron chi connectivity index (χ0n) is 11.9.